The smallest absolute Gasteiger partial charge is 0.139 e. The first-order valence-corrected chi connectivity index (χ1v) is 5.17. The van der Waals surface area contributed by atoms with E-state index in [9.17, 15) is 0 Å². The quantitative estimate of drug-likeness (QED) is 0.775. The van der Waals surface area contributed by atoms with Gasteiger partial charge in [-0.1, -0.05) is 16.1 Å². The summed E-state index contributed by atoms with van der Waals surface area (Å²) in [6, 6.07) is 0. The van der Waals surface area contributed by atoms with Gasteiger partial charge in [-0.2, -0.15) is 0 Å². The number of rotatable bonds is 3. The molecular weight excluding hydrogens is 212 g/mol. The third-order valence-electron chi connectivity index (χ3n) is 1.85. The molecule has 6 heteroatoms. The van der Waals surface area contributed by atoms with E-state index in [4.69, 9.17) is 21.1 Å². The summed E-state index contributed by atoms with van der Waals surface area (Å²) in [5.74, 6) is 0. The molecule has 0 amide bonds. The summed E-state index contributed by atoms with van der Waals surface area (Å²) < 4.78 is 15.0. The molecule has 1 aromatic rings. The maximum atomic E-state index is 5.81. The number of nitrogens with zero attached hydrogens (tertiary/aromatic N) is 2. The van der Waals surface area contributed by atoms with E-state index in [1.807, 2.05) is 0 Å². The Balaban J connectivity index is 1.82. The Morgan fingerprint density at radius 3 is 3.23 bits per heavy atom. The highest BCUT2D eigenvalue weighted by molar-refractivity contribution is 7.10. The Labute approximate surface area is 85.0 Å². The molecule has 1 aliphatic rings. The normalized spacial score (nSPS) is 22.4. The van der Waals surface area contributed by atoms with Crippen LogP contribution in [0.25, 0.3) is 0 Å². The number of hydrogen-bond acceptors (Lipinski definition) is 5. The van der Waals surface area contributed by atoms with Crippen LogP contribution in [-0.4, -0.2) is 28.9 Å². The molecule has 0 saturated carbocycles. The lowest BCUT2D eigenvalue weighted by molar-refractivity contribution is 0.0302. The average molecular weight is 221 g/mol. The summed E-state index contributed by atoms with van der Waals surface area (Å²) in [6.07, 6.45) is 1.15. The van der Waals surface area contributed by atoms with E-state index < -0.39 is 0 Å². The lowest BCUT2D eigenvalue weighted by Gasteiger charge is -2.07. The van der Waals surface area contributed by atoms with Crippen molar-refractivity contribution in [3.05, 3.63) is 10.0 Å². The minimum Gasteiger partial charge on any atom is -0.379 e. The summed E-state index contributed by atoms with van der Waals surface area (Å²) in [7, 11) is 0. The van der Waals surface area contributed by atoms with E-state index in [-0.39, 0.29) is 6.10 Å². The van der Waals surface area contributed by atoms with Gasteiger partial charge in [0.2, 0.25) is 0 Å². The lowest BCUT2D eigenvalue weighted by Crippen LogP contribution is -2.12. The molecule has 0 N–H and O–H groups in total. The van der Waals surface area contributed by atoms with E-state index in [0.717, 1.165) is 18.7 Å². The molecule has 1 unspecified atom stereocenters. The largest absolute Gasteiger partial charge is 0.379 e. The van der Waals surface area contributed by atoms with E-state index in [1.54, 1.807) is 0 Å². The monoisotopic (exact) mass is 220 g/mol. The van der Waals surface area contributed by atoms with Crippen LogP contribution in [0.1, 0.15) is 12.1 Å². The topological polar surface area (TPSA) is 44.2 Å². The molecule has 72 valence electrons. The van der Waals surface area contributed by atoms with Gasteiger partial charge in [0.1, 0.15) is 10.0 Å². The fraction of sp³-hybridized carbons (Fsp3) is 0.714. The zero-order valence-corrected chi connectivity index (χ0v) is 8.48. The third kappa shape index (κ3) is 2.37. The summed E-state index contributed by atoms with van der Waals surface area (Å²) in [6.45, 7) is 1.90. The van der Waals surface area contributed by atoms with Crippen LogP contribution < -0.4 is 0 Å². The van der Waals surface area contributed by atoms with Gasteiger partial charge in [0, 0.05) is 18.1 Å². The average Bonchev–Trinajstić information content (AvgIpc) is 2.72. The molecule has 2 rings (SSSR count). The molecule has 2 heterocycles. The van der Waals surface area contributed by atoms with Crippen LogP contribution in [0, 0.1) is 0 Å². The van der Waals surface area contributed by atoms with Crippen LogP contribution in [-0.2, 0) is 16.1 Å². The molecule has 1 saturated heterocycles. The first-order valence-electron chi connectivity index (χ1n) is 4.02. The predicted molar refractivity (Wildman–Crippen MR) is 48.9 cm³/mol. The Kier molecular flexibility index (Phi) is 3.10. The molecular formula is C7H9ClN2O2S. The molecule has 0 bridgehead atoms. The van der Waals surface area contributed by atoms with Crippen molar-refractivity contribution in [2.24, 2.45) is 0 Å². The molecule has 0 spiro atoms. The van der Waals surface area contributed by atoms with Crippen molar-refractivity contribution in [3.63, 3.8) is 0 Å². The summed E-state index contributed by atoms with van der Waals surface area (Å²) in [5.41, 5.74) is 0.721. The van der Waals surface area contributed by atoms with Crippen LogP contribution in [0.5, 0.6) is 0 Å². The Morgan fingerprint density at radius 1 is 1.69 bits per heavy atom. The van der Waals surface area contributed by atoms with Gasteiger partial charge >= 0.3 is 0 Å². The number of hydrogen-bond donors (Lipinski definition) is 0. The second-order valence-corrected chi connectivity index (χ2v) is 4.15. The predicted octanol–water partition coefficient (Wildman–Crippen LogP) is 1.50. The van der Waals surface area contributed by atoms with Crippen LogP contribution >= 0.6 is 23.1 Å². The molecule has 1 aliphatic heterocycles. The first kappa shape index (κ1) is 9.33. The van der Waals surface area contributed by atoms with Crippen molar-refractivity contribution in [1.82, 2.24) is 9.59 Å². The van der Waals surface area contributed by atoms with E-state index in [2.05, 4.69) is 9.59 Å². The molecule has 1 atom stereocenters. The summed E-state index contributed by atoms with van der Waals surface area (Å²) >= 11 is 6.99. The number of halogens is 1. The van der Waals surface area contributed by atoms with Crippen LogP contribution in [0.2, 0.25) is 4.34 Å². The van der Waals surface area contributed by atoms with Crippen molar-refractivity contribution >= 4 is 23.1 Å². The molecule has 4 nitrogen and oxygen atoms in total. The highest BCUT2D eigenvalue weighted by Crippen LogP contribution is 2.19. The zero-order valence-electron chi connectivity index (χ0n) is 6.90. The minimum absolute atomic E-state index is 0.192. The van der Waals surface area contributed by atoms with Gasteiger partial charge in [-0.25, -0.2) is 0 Å². The number of aromatic nitrogens is 2. The second kappa shape index (κ2) is 4.32. The van der Waals surface area contributed by atoms with Crippen LogP contribution in [0.15, 0.2) is 0 Å². The van der Waals surface area contributed by atoms with Gasteiger partial charge < -0.3 is 9.47 Å². The summed E-state index contributed by atoms with van der Waals surface area (Å²) in [5, 5.41) is 3.85. The molecule has 1 aromatic heterocycles. The van der Waals surface area contributed by atoms with Crippen LogP contribution in [0.4, 0.5) is 0 Å². The fourth-order valence-electron chi connectivity index (χ4n) is 1.12. The Bertz CT molecular complexity index is 275. The van der Waals surface area contributed by atoms with Gasteiger partial charge in [0.25, 0.3) is 0 Å². The fourth-order valence-corrected chi connectivity index (χ4v) is 1.73. The molecule has 0 radical (unpaired) electrons. The van der Waals surface area contributed by atoms with Crippen molar-refractivity contribution in [2.45, 2.75) is 19.1 Å². The first-order chi connectivity index (χ1) is 6.36. The van der Waals surface area contributed by atoms with E-state index in [0.29, 0.717) is 17.6 Å². The van der Waals surface area contributed by atoms with Gasteiger partial charge in [0.15, 0.2) is 0 Å². The van der Waals surface area contributed by atoms with Crippen molar-refractivity contribution < 1.29 is 9.47 Å². The highest BCUT2D eigenvalue weighted by Gasteiger charge is 2.17. The third-order valence-corrected chi connectivity index (χ3v) is 2.84. The van der Waals surface area contributed by atoms with E-state index in [1.165, 1.54) is 11.5 Å². The molecule has 0 aliphatic carbocycles. The molecule has 0 aromatic carbocycles. The standard InChI is InChI=1S/C7H9ClN2O2S/c8-7-6(9-10-13-7)4-12-5-1-2-11-3-5/h5H,1-4H2. The van der Waals surface area contributed by atoms with Crippen molar-refractivity contribution in [1.29, 1.82) is 0 Å². The lowest BCUT2D eigenvalue weighted by atomic mass is 10.3. The van der Waals surface area contributed by atoms with E-state index >= 15 is 0 Å². The minimum atomic E-state index is 0.192. The highest BCUT2D eigenvalue weighted by atomic mass is 35.5. The van der Waals surface area contributed by atoms with Gasteiger partial charge in [0.05, 0.1) is 19.3 Å². The van der Waals surface area contributed by atoms with Crippen molar-refractivity contribution in [2.75, 3.05) is 13.2 Å². The molecule has 1 fully saturated rings. The van der Waals surface area contributed by atoms with Crippen LogP contribution in [0.3, 0.4) is 0 Å². The summed E-state index contributed by atoms with van der Waals surface area (Å²) in [4.78, 5) is 0. The maximum absolute atomic E-state index is 5.81. The molecule has 13 heavy (non-hydrogen) atoms. The van der Waals surface area contributed by atoms with Crippen molar-refractivity contribution in [3.8, 4) is 0 Å². The number of ether oxygens (including phenoxy) is 2. The maximum Gasteiger partial charge on any atom is 0.139 e. The van der Waals surface area contributed by atoms with Gasteiger partial charge in [-0.05, 0) is 6.42 Å². The SMILES string of the molecule is Clc1snnc1COC1CCOC1. The van der Waals surface area contributed by atoms with Gasteiger partial charge in [-0.15, -0.1) is 5.10 Å². The zero-order chi connectivity index (χ0) is 9.10. The Hall–Kier alpha value is -0.230. The Morgan fingerprint density at radius 2 is 2.62 bits per heavy atom. The second-order valence-electron chi connectivity index (χ2n) is 2.79. The van der Waals surface area contributed by atoms with Gasteiger partial charge in [-0.3, -0.25) is 0 Å².